The van der Waals surface area contributed by atoms with Crippen LogP contribution in [0.2, 0.25) is 5.02 Å². The largest absolute Gasteiger partial charge is 0.506 e. The van der Waals surface area contributed by atoms with Crippen molar-refractivity contribution in [1.82, 2.24) is 9.97 Å². The molecule has 0 aliphatic heterocycles. The molecule has 8 heteroatoms. The number of nitrogens with zero attached hydrogens (tertiary/aromatic N) is 3. The van der Waals surface area contributed by atoms with Crippen molar-refractivity contribution in [3.8, 4) is 23.1 Å². The molecule has 0 radical (unpaired) electrons. The number of benzene rings is 1. The van der Waals surface area contributed by atoms with E-state index in [2.05, 4.69) is 25.9 Å². The molecule has 0 amide bonds. The van der Waals surface area contributed by atoms with Crippen LogP contribution in [-0.2, 0) is 0 Å². The molecule has 0 saturated carbocycles. The Labute approximate surface area is 121 Å². The van der Waals surface area contributed by atoms with Crippen molar-refractivity contribution in [3.63, 3.8) is 0 Å². The van der Waals surface area contributed by atoms with Crippen molar-refractivity contribution < 1.29 is 5.11 Å². The highest BCUT2D eigenvalue weighted by atomic mass is 79.9. The molecule has 0 atom stereocenters. The number of nitriles is 1. The first-order chi connectivity index (χ1) is 8.95. The number of phenols is 1. The Bertz CT molecular complexity index is 713. The molecule has 0 spiro atoms. The Morgan fingerprint density at radius 1 is 1.32 bits per heavy atom. The van der Waals surface area contributed by atoms with E-state index in [4.69, 9.17) is 28.3 Å². The second-order valence-electron chi connectivity index (χ2n) is 3.56. The van der Waals surface area contributed by atoms with Crippen LogP contribution >= 0.6 is 27.5 Å². The molecule has 0 saturated heterocycles. The topological polar surface area (TPSA) is 122 Å². The minimum absolute atomic E-state index is 0.00417. The van der Waals surface area contributed by atoms with Crippen LogP contribution in [0, 0.1) is 11.3 Å². The summed E-state index contributed by atoms with van der Waals surface area (Å²) in [5.41, 5.74) is 11.4. The summed E-state index contributed by atoms with van der Waals surface area (Å²) >= 11 is 9.20. The predicted octanol–water partition coefficient (Wildman–Crippen LogP) is 2.30. The highest BCUT2D eigenvalue weighted by Gasteiger charge is 2.20. The van der Waals surface area contributed by atoms with Gasteiger partial charge in [0.1, 0.15) is 28.9 Å². The molecular formula is C11H7BrClN5O. The van der Waals surface area contributed by atoms with E-state index in [-0.39, 0.29) is 39.4 Å². The lowest BCUT2D eigenvalue weighted by molar-refractivity contribution is 0.474. The summed E-state index contributed by atoms with van der Waals surface area (Å²) in [5, 5.41) is 19.4. The first kappa shape index (κ1) is 13.4. The highest BCUT2D eigenvalue weighted by molar-refractivity contribution is 9.10. The molecule has 0 aliphatic carbocycles. The quantitative estimate of drug-likeness (QED) is 0.732. The van der Waals surface area contributed by atoms with Gasteiger partial charge in [-0.05, 0) is 28.1 Å². The Hall–Kier alpha value is -2.04. The molecule has 96 valence electrons. The number of phenolic OH excluding ortho intramolecular Hbond substituents is 1. The molecule has 1 aromatic heterocycles. The molecule has 2 rings (SSSR count). The normalized spacial score (nSPS) is 10.2. The minimum Gasteiger partial charge on any atom is -0.506 e. The molecule has 2 aromatic rings. The third kappa shape index (κ3) is 2.28. The van der Waals surface area contributed by atoms with E-state index in [0.717, 1.165) is 0 Å². The van der Waals surface area contributed by atoms with Gasteiger partial charge in [0.25, 0.3) is 0 Å². The van der Waals surface area contributed by atoms with Crippen LogP contribution < -0.4 is 11.5 Å². The van der Waals surface area contributed by atoms with Gasteiger partial charge in [0, 0.05) is 0 Å². The molecule has 1 heterocycles. The SMILES string of the molecule is N#Cc1c(N)nc(N)nc1-c1c(Cl)ccc(Br)c1O. The fourth-order valence-electron chi connectivity index (χ4n) is 1.55. The van der Waals surface area contributed by atoms with Gasteiger partial charge in [-0.25, -0.2) is 4.98 Å². The van der Waals surface area contributed by atoms with Crippen LogP contribution in [-0.4, -0.2) is 15.1 Å². The van der Waals surface area contributed by atoms with E-state index in [1.165, 1.54) is 0 Å². The summed E-state index contributed by atoms with van der Waals surface area (Å²) in [7, 11) is 0. The van der Waals surface area contributed by atoms with E-state index in [1.54, 1.807) is 12.1 Å². The summed E-state index contributed by atoms with van der Waals surface area (Å²) in [6.07, 6.45) is 0. The van der Waals surface area contributed by atoms with E-state index in [0.29, 0.717) is 4.47 Å². The molecule has 0 fully saturated rings. The number of hydrogen-bond acceptors (Lipinski definition) is 6. The average Bonchev–Trinajstić information content (AvgIpc) is 2.34. The van der Waals surface area contributed by atoms with Gasteiger partial charge < -0.3 is 16.6 Å². The lowest BCUT2D eigenvalue weighted by Crippen LogP contribution is -2.05. The monoisotopic (exact) mass is 339 g/mol. The van der Waals surface area contributed by atoms with Crippen LogP contribution in [0.3, 0.4) is 0 Å². The van der Waals surface area contributed by atoms with E-state index >= 15 is 0 Å². The number of aromatic nitrogens is 2. The Morgan fingerprint density at radius 3 is 2.63 bits per heavy atom. The molecule has 19 heavy (non-hydrogen) atoms. The van der Waals surface area contributed by atoms with Crippen molar-refractivity contribution in [3.05, 3.63) is 27.2 Å². The zero-order valence-electron chi connectivity index (χ0n) is 9.35. The zero-order valence-corrected chi connectivity index (χ0v) is 11.7. The van der Waals surface area contributed by atoms with E-state index in [1.807, 2.05) is 6.07 Å². The fourth-order valence-corrected chi connectivity index (χ4v) is 2.13. The predicted molar refractivity (Wildman–Crippen MR) is 75.4 cm³/mol. The number of nitrogen functional groups attached to an aromatic ring is 2. The van der Waals surface area contributed by atoms with Gasteiger partial charge in [0.15, 0.2) is 0 Å². The number of anilines is 2. The Balaban J connectivity index is 2.87. The molecule has 0 aliphatic rings. The fraction of sp³-hybridized carbons (Fsp3) is 0. The number of hydrogen-bond donors (Lipinski definition) is 3. The van der Waals surface area contributed by atoms with Crippen molar-refractivity contribution >= 4 is 39.3 Å². The van der Waals surface area contributed by atoms with E-state index in [9.17, 15) is 5.11 Å². The number of halogens is 2. The van der Waals surface area contributed by atoms with E-state index < -0.39 is 0 Å². The maximum absolute atomic E-state index is 10.1. The maximum atomic E-state index is 10.1. The summed E-state index contributed by atoms with van der Waals surface area (Å²) in [5.74, 6) is -0.330. The van der Waals surface area contributed by atoms with Crippen LogP contribution in [0.1, 0.15) is 5.56 Å². The maximum Gasteiger partial charge on any atom is 0.222 e. The van der Waals surface area contributed by atoms with Crippen molar-refractivity contribution in [1.29, 1.82) is 5.26 Å². The summed E-state index contributed by atoms with van der Waals surface area (Å²) in [6.45, 7) is 0. The molecule has 1 aromatic carbocycles. The lowest BCUT2D eigenvalue weighted by atomic mass is 10.1. The average molecular weight is 341 g/mol. The number of nitrogens with two attached hydrogens (primary N) is 2. The van der Waals surface area contributed by atoms with Crippen molar-refractivity contribution in [2.24, 2.45) is 0 Å². The third-order valence-electron chi connectivity index (χ3n) is 2.38. The van der Waals surface area contributed by atoms with Crippen LogP contribution in [0.25, 0.3) is 11.3 Å². The molecule has 6 nitrogen and oxygen atoms in total. The highest BCUT2D eigenvalue weighted by Crippen LogP contribution is 2.41. The standard InChI is InChI=1S/C11H7BrClN5O/c12-5-1-2-6(13)7(9(5)19)8-4(3-14)10(15)18-11(16)17-8/h1-2,19H,(H4,15,16,17,18). The van der Waals surface area contributed by atoms with Crippen LogP contribution in [0.5, 0.6) is 5.75 Å². The minimum atomic E-state index is -0.151. The Kier molecular flexibility index (Phi) is 3.46. The summed E-state index contributed by atoms with van der Waals surface area (Å²) in [4.78, 5) is 7.63. The number of aromatic hydroxyl groups is 1. The second kappa shape index (κ2) is 4.91. The van der Waals surface area contributed by atoms with Crippen molar-refractivity contribution in [2.75, 3.05) is 11.5 Å². The summed E-state index contributed by atoms with van der Waals surface area (Å²) in [6, 6.07) is 5.00. The van der Waals surface area contributed by atoms with Crippen LogP contribution in [0.15, 0.2) is 16.6 Å². The molecule has 0 unspecified atom stereocenters. The van der Waals surface area contributed by atoms with Crippen molar-refractivity contribution in [2.45, 2.75) is 0 Å². The zero-order chi connectivity index (χ0) is 14.2. The smallest absolute Gasteiger partial charge is 0.222 e. The van der Waals surface area contributed by atoms with Gasteiger partial charge in [0.2, 0.25) is 5.95 Å². The van der Waals surface area contributed by atoms with Gasteiger partial charge in [-0.1, -0.05) is 11.6 Å². The third-order valence-corrected chi connectivity index (χ3v) is 3.34. The first-order valence-corrected chi connectivity index (χ1v) is 6.13. The van der Waals surface area contributed by atoms with Gasteiger partial charge in [-0.15, -0.1) is 0 Å². The van der Waals surface area contributed by atoms with Gasteiger partial charge in [-0.2, -0.15) is 10.2 Å². The van der Waals surface area contributed by atoms with Gasteiger partial charge >= 0.3 is 0 Å². The second-order valence-corrected chi connectivity index (χ2v) is 4.82. The molecule has 0 bridgehead atoms. The molecular weight excluding hydrogens is 334 g/mol. The Morgan fingerprint density at radius 2 is 2.00 bits per heavy atom. The van der Waals surface area contributed by atoms with Gasteiger partial charge in [0.05, 0.1) is 15.1 Å². The number of rotatable bonds is 1. The van der Waals surface area contributed by atoms with Gasteiger partial charge in [-0.3, -0.25) is 0 Å². The first-order valence-electron chi connectivity index (χ1n) is 4.96. The van der Waals surface area contributed by atoms with Crippen LogP contribution in [0.4, 0.5) is 11.8 Å². The molecule has 5 N–H and O–H groups in total. The lowest BCUT2D eigenvalue weighted by Gasteiger charge is -2.11. The summed E-state index contributed by atoms with van der Waals surface area (Å²) < 4.78 is 0.409.